The van der Waals surface area contributed by atoms with Crippen LogP contribution < -0.4 is 5.32 Å². The zero-order valence-electron chi connectivity index (χ0n) is 26.3. The van der Waals surface area contributed by atoms with Gasteiger partial charge in [0.1, 0.15) is 21.8 Å². The van der Waals surface area contributed by atoms with Gasteiger partial charge in [-0.15, -0.1) is 26.6 Å². The van der Waals surface area contributed by atoms with Crippen molar-refractivity contribution in [1.82, 2.24) is 45.4 Å². The van der Waals surface area contributed by atoms with Crippen LogP contribution in [0, 0.1) is 6.92 Å². The van der Waals surface area contributed by atoms with Crippen molar-refractivity contribution >= 4 is 23.3 Å². The molecule has 2 amide bonds. The van der Waals surface area contributed by atoms with E-state index in [1.54, 1.807) is 57.4 Å². The molecule has 5 heterocycles. The number of benzene rings is 1. The first-order valence-electron chi connectivity index (χ1n) is 15.0. The Morgan fingerprint density at radius 3 is 2.61 bits per heavy atom. The van der Waals surface area contributed by atoms with Crippen LogP contribution in [0.4, 0.5) is 4.79 Å². The zero-order chi connectivity index (χ0) is 32.5. The van der Waals surface area contributed by atoms with E-state index in [1.807, 2.05) is 47.5 Å². The molecule has 1 N–H and O–H groups in total. The molecule has 5 aromatic rings. The van der Waals surface area contributed by atoms with Crippen molar-refractivity contribution in [2.24, 2.45) is 0 Å². The summed E-state index contributed by atoms with van der Waals surface area (Å²) in [5, 5.41) is 22.5. The summed E-state index contributed by atoms with van der Waals surface area (Å²) >= 11 is 1.56. The highest BCUT2D eigenvalue weighted by Gasteiger charge is 2.37. The molecule has 0 radical (unpaired) electrons. The molecule has 1 saturated heterocycles. The van der Waals surface area contributed by atoms with Crippen LogP contribution in [0.1, 0.15) is 79.1 Å². The molecule has 1 aromatic carbocycles. The largest absolute Gasteiger partial charge is 0.444 e. The number of hydrogen-bond acceptors (Lipinski definition) is 11. The molecule has 13 nitrogen and oxygen atoms in total. The van der Waals surface area contributed by atoms with E-state index in [0.29, 0.717) is 24.3 Å². The van der Waals surface area contributed by atoms with Crippen LogP contribution in [0.2, 0.25) is 0 Å². The van der Waals surface area contributed by atoms with Crippen molar-refractivity contribution in [2.45, 2.75) is 71.1 Å². The van der Waals surface area contributed by atoms with Gasteiger partial charge in [-0.05, 0) is 65.2 Å². The summed E-state index contributed by atoms with van der Waals surface area (Å²) < 4.78 is 13.3. The molecule has 14 heteroatoms. The number of aromatic nitrogens is 7. The Morgan fingerprint density at radius 1 is 1.11 bits per heavy atom. The van der Waals surface area contributed by atoms with Gasteiger partial charge < -0.3 is 19.4 Å². The zero-order valence-corrected chi connectivity index (χ0v) is 27.1. The number of thiazole rings is 1. The Bertz CT molecular complexity index is 1830. The molecule has 0 saturated carbocycles. The molecule has 0 bridgehead atoms. The quantitative estimate of drug-likeness (QED) is 0.232. The number of ether oxygens (including phenoxy) is 1. The van der Waals surface area contributed by atoms with Gasteiger partial charge >= 0.3 is 6.09 Å². The summed E-state index contributed by atoms with van der Waals surface area (Å²) in [6.45, 7) is 9.73. The number of pyridine rings is 1. The lowest BCUT2D eigenvalue weighted by atomic mass is 9.92. The average molecular weight is 642 g/mol. The summed E-state index contributed by atoms with van der Waals surface area (Å²) in [7, 11) is 0. The minimum absolute atomic E-state index is 0.0739. The SMILES string of the molecule is Cc1csc([C@H]2CCCN2C(=O)c2cc(-c3nnc([C@@](C)(Cc4ccccc4)NC(=O)OC(C)(C)C)o3)nc(-n3ccnn3)c2)n1. The van der Waals surface area contributed by atoms with Gasteiger partial charge in [-0.2, -0.15) is 0 Å². The predicted molar refractivity (Wildman–Crippen MR) is 169 cm³/mol. The minimum Gasteiger partial charge on any atom is -0.444 e. The average Bonchev–Trinajstić information content (AvgIpc) is 3.83. The smallest absolute Gasteiger partial charge is 0.408 e. The van der Waals surface area contributed by atoms with Crippen LogP contribution in [0.15, 0.2) is 64.7 Å². The lowest BCUT2D eigenvalue weighted by molar-refractivity contribution is 0.0443. The number of likely N-dealkylation sites (tertiary alicyclic amines) is 1. The number of nitrogens with one attached hydrogen (secondary N) is 1. The highest BCUT2D eigenvalue weighted by atomic mass is 32.1. The second kappa shape index (κ2) is 12.4. The van der Waals surface area contributed by atoms with E-state index in [1.165, 1.54) is 10.9 Å². The van der Waals surface area contributed by atoms with Crippen LogP contribution in [0.3, 0.4) is 0 Å². The molecule has 1 fully saturated rings. The molecule has 1 aliphatic heterocycles. The summed E-state index contributed by atoms with van der Waals surface area (Å²) in [5.74, 6) is 0.417. The Labute approximate surface area is 270 Å². The van der Waals surface area contributed by atoms with Gasteiger partial charge in [0.25, 0.3) is 11.8 Å². The molecule has 0 spiro atoms. The van der Waals surface area contributed by atoms with E-state index >= 15 is 0 Å². The first-order chi connectivity index (χ1) is 22.0. The van der Waals surface area contributed by atoms with Crippen LogP contribution in [-0.2, 0) is 16.7 Å². The summed E-state index contributed by atoms with van der Waals surface area (Å²) in [5.41, 5.74) is 0.692. The van der Waals surface area contributed by atoms with E-state index in [2.05, 4.69) is 30.8 Å². The molecule has 6 rings (SSSR count). The maximum atomic E-state index is 14.0. The van der Waals surface area contributed by atoms with E-state index in [9.17, 15) is 9.59 Å². The summed E-state index contributed by atoms with van der Waals surface area (Å²) in [4.78, 5) is 38.2. The lowest BCUT2D eigenvalue weighted by Gasteiger charge is -2.29. The van der Waals surface area contributed by atoms with E-state index < -0.39 is 17.2 Å². The van der Waals surface area contributed by atoms with Crippen LogP contribution in [0.25, 0.3) is 17.4 Å². The number of alkyl carbamates (subject to hydrolysis) is 1. The van der Waals surface area contributed by atoms with Gasteiger partial charge in [-0.1, -0.05) is 35.5 Å². The molecule has 46 heavy (non-hydrogen) atoms. The number of aryl methyl sites for hydroxylation is 1. The topological polar surface area (TPSA) is 154 Å². The van der Waals surface area contributed by atoms with Crippen molar-refractivity contribution < 1.29 is 18.7 Å². The highest BCUT2D eigenvalue weighted by Crippen LogP contribution is 2.35. The fourth-order valence-electron chi connectivity index (χ4n) is 5.41. The molecule has 4 aromatic heterocycles. The van der Waals surface area contributed by atoms with Crippen molar-refractivity contribution in [3.63, 3.8) is 0 Å². The van der Waals surface area contributed by atoms with Crippen molar-refractivity contribution in [3.8, 4) is 17.4 Å². The van der Waals surface area contributed by atoms with Gasteiger partial charge in [0.2, 0.25) is 5.89 Å². The fourth-order valence-corrected chi connectivity index (χ4v) is 6.35. The molecule has 2 atom stereocenters. The molecule has 1 aliphatic rings. The van der Waals surface area contributed by atoms with Crippen molar-refractivity contribution in [3.05, 3.63) is 88.0 Å². The molecular formula is C32H35N9O4S. The number of amides is 2. The Balaban J connectivity index is 1.36. The fraction of sp³-hybridized carbons (Fsp3) is 0.375. The van der Waals surface area contributed by atoms with Crippen LogP contribution >= 0.6 is 11.3 Å². The standard InChI is InChI=1S/C32H35N9O4S/c1-20-19-46-27(34-20)24-12-9-14-40(24)28(42)22-16-23(35-25(17-22)41-15-13-33-39-41)26-37-38-29(44-26)32(5,18-21-10-7-6-8-11-21)36-30(43)45-31(2,3)4/h6-8,10-11,13,15-17,19,24H,9,12,14,18H2,1-5H3,(H,36,43)/t24-,32-/m1/s1. The number of carbonyl (C=O) groups is 2. The number of hydrogen-bond donors (Lipinski definition) is 1. The van der Waals surface area contributed by atoms with Crippen LogP contribution in [0.5, 0.6) is 0 Å². The molecular weight excluding hydrogens is 606 g/mol. The first-order valence-corrected chi connectivity index (χ1v) is 15.9. The molecule has 238 valence electrons. The summed E-state index contributed by atoms with van der Waals surface area (Å²) in [6.07, 6.45) is 4.60. The maximum Gasteiger partial charge on any atom is 0.408 e. The third kappa shape index (κ3) is 6.81. The van der Waals surface area contributed by atoms with Gasteiger partial charge in [-0.3, -0.25) is 4.79 Å². The summed E-state index contributed by atoms with van der Waals surface area (Å²) in [6, 6.07) is 12.9. The van der Waals surface area contributed by atoms with Gasteiger partial charge in [0.15, 0.2) is 5.82 Å². The second-order valence-electron chi connectivity index (χ2n) is 12.5. The maximum absolute atomic E-state index is 14.0. The highest BCUT2D eigenvalue weighted by molar-refractivity contribution is 7.09. The van der Waals surface area contributed by atoms with E-state index in [4.69, 9.17) is 14.1 Å². The van der Waals surface area contributed by atoms with Crippen molar-refractivity contribution in [2.75, 3.05) is 6.54 Å². The van der Waals surface area contributed by atoms with Gasteiger partial charge in [-0.25, -0.2) is 19.4 Å². The second-order valence-corrected chi connectivity index (χ2v) is 13.4. The third-order valence-corrected chi connectivity index (χ3v) is 8.51. The Morgan fingerprint density at radius 2 is 1.91 bits per heavy atom. The van der Waals surface area contributed by atoms with E-state index in [-0.39, 0.29) is 29.4 Å². The van der Waals surface area contributed by atoms with Gasteiger partial charge in [0.05, 0.1) is 18.4 Å². The van der Waals surface area contributed by atoms with Gasteiger partial charge in [0, 0.05) is 29.6 Å². The minimum atomic E-state index is -1.13. The number of rotatable bonds is 8. The Hall–Kier alpha value is -4.98. The first kappa shape index (κ1) is 31.0. The molecule has 0 aliphatic carbocycles. The van der Waals surface area contributed by atoms with Crippen LogP contribution in [-0.4, -0.2) is 64.2 Å². The Kier molecular flexibility index (Phi) is 8.38. The molecule has 0 unspecified atom stereocenters. The normalized spacial score (nSPS) is 16.3. The number of carbonyl (C=O) groups excluding carboxylic acids is 2. The monoisotopic (exact) mass is 641 g/mol. The number of nitrogens with zero attached hydrogens (tertiary/aromatic N) is 8. The lowest BCUT2D eigenvalue weighted by Crippen LogP contribution is -2.47. The van der Waals surface area contributed by atoms with E-state index in [0.717, 1.165) is 29.1 Å². The van der Waals surface area contributed by atoms with Crippen molar-refractivity contribution in [1.29, 1.82) is 0 Å². The predicted octanol–water partition coefficient (Wildman–Crippen LogP) is 5.44. The third-order valence-electron chi connectivity index (χ3n) is 7.45.